The molecule has 0 aliphatic carbocycles. The second kappa shape index (κ2) is 6.58. The Bertz CT molecular complexity index is 427. The first-order chi connectivity index (χ1) is 8.49. The zero-order valence-electron chi connectivity index (χ0n) is 10.8. The summed E-state index contributed by atoms with van der Waals surface area (Å²) in [7, 11) is 1.58. The second-order valence-electron chi connectivity index (χ2n) is 3.83. The van der Waals surface area contributed by atoms with Gasteiger partial charge in [0.15, 0.2) is 10.4 Å². The third-order valence-electron chi connectivity index (χ3n) is 2.62. The molecule has 18 heavy (non-hydrogen) atoms. The Kier molecular flexibility index (Phi) is 5.40. The number of halogens is 1. The number of nitrogens with zero attached hydrogens (tertiary/aromatic N) is 2. The van der Waals surface area contributed by atoms with Crippen LogP contribution in [0.3, 0.4) is 0 Å². The van der Waals surface area contributed by atoms with Crippen LogP contribution in [0.1, 0.15) is 24.4 Å². The van der Waals surface area contributed by atoms with E-state index in [1.54, 1.807) is 24.1 Å². The molecule has 100 valence electrons. The van der Waals surface area contributed by atoms with Gasteiger partial charge in [-0.2, -0.15) is 0 Å². The van der Waals surface area contributed by atoms with Crippen molar-refractivity contribution in [1.29, 1.82) is 0 Å². The molecule has 1 rings (SSSR count). The van der Waals surface area contributed by atoms with Crippen molar-refractivity contribution in [1.82, 2.24) is 9.80 Å². The molecule has 1 aromatic rings. The summed E-state index contributed by atoms with van der Waals surface area (Å²) < 4.78 is 5.66. The number of hydrogen-bond acceptors (Lipinski definition) is 3. The van der Waals surface area contributed by atoms with E-state index in [-0.39, 0.29) is 24.1 Å². The fourth-order valence-electron chi connectivity index (χ4n) is 1.57. The Morgan fingerprint density at radius 2 is 1.89 bits per heavy atom. The normalized spacial score (nSPS) is 10.2. The SMILES string of the molecule is CCN(CC)C(=O)CN(C)C(=O)c1ccc(Br)o1. The number of carbonyl (C=O) groups excluding carboxylic acids is 2. The number of carbonyl (C=O) groups is 2. The van der Waals surface area contributed by atoms with E-state index < -0.39 is 0 Å². The summed E-state index contributed by atoms with van der Waals surface area (Å²) in [5.74, 6) is -0.153. The van der Waals surface area contributed by atoms with Crippen LogP contribution in [0.5, 0.6) is 0 Å². The monoisotopic (exact) mass is 316 g/mol. The van der Waals surface area contributed by atoms with Gasteiger partial charge in [0.25, 0.3) is 5.91 Å². The molecule has 0 aliphatic rings. The zero-order chi connectivity index (χ0) is 13.7. The van der Waals surface area contributed by atoms with Crippen LogP contribution in [0.15, 0.2) is 21.2 Å². The average Bonchev–Trinajstić information content (AvgIpc) is 2.76. The lowest BCUT2D eigenvalue weighted by Crippen LogP contribution is -2.40. The van der Waals surface area contributed by atoms with Gasteiger partial charge in [0.05, 0.1) is 6.54 Å². The molecule has 6 heteroatoms. The van der Waals surface area contributed by atoms with E-state index in [1.165, 1.54) is 4.90 Å². The van der Waals surface area contributed by atoms with Crippen molar-refractivity contribution < 1.29 is 14.0 Å². The maximum Gasteiger partial charge on any atom is 0.289 e. The Balaban J connectivity index is 2.63. The molecule has 0 fully saturated rings. The minimum Gasteiger partial charge on any atom is -0.444 e. The lowest BCUT2D eigenvalue weighted by molar-refractivity contribution is -0.131. The highest BCUT2D eigenvalue weighted by molar-refractivity contribution is 9.10. The maximum atomic E-state index is 11.9. The molecule has 0 radical (unpaired) electrons. The summed E-state index contributed by atoms with van der Waals surface area (Å²) in [6.45, 7) is 5.16. The molecule has 1 heterocycles. The largest absolute Gasteiger partial charge is 0.444 e. The number of furan rings is 1. The standard InChI is InChI=1S/C12H17BrN2O3/c1-4-15(5-2)11(16)8-14(3)12(17)9-6-7-10(13)18-9/h6-7H,4-5,8H2,1-3H3. The Morgan fingerprint density at radius 1 is 1.28 bits per heavy atom. The van der Waals surface area contributed by atoms with E-state index in [9.17, 15) is 9.59 Å². The lowest BCUT2D eigenvalue weighted by Gasteiger charge is -2.22. The van der Waals surface area contributed by atoms with Gasteiger partial charge in [-0.1, -0.05) is 0 Å². The van der Waals surface area contributed by atoms with E-state index >= 15 is 0 Å². The molecule has 0 saturated carbocycles. The fraction of sp³-hybridized carbons (Fsp3) is 0.500. The van der Waals surface area contributed by atoms with Gasteiger partial charge in [-0.25, -0.2) is 0 Å². The highest BCUT2D eigenvalue weighted by Gasteiger charge is 2.20. The van der Waals surface area contributed by atoms with Gasteiger partial charge in [0.1, 0.15) is 0 Å². The molecule has 0 atom stereocenters. The second-order valence-corrected chi connectivity index (χ2v) is 4.61. The molecule has 2 amide bonds. The van der Waals surface area contributed by atoms with Gasteiger partial charge < -0.3 is 14.2 Å². The van der Waals surface area contributed by atoms with Gasteiger partial charge in [0.2, 0.25) is 5.91 Å². The maximum absolute atomic E-state index is 11.9. The third-order valence-corrected chi connectivity index (χ3v) is 3.05. The molecule has 0 bridgehead atoms. The minimum absolute atomic E-state index is 0.0544. The Hall–Kier alpha value is -1.30. The molecule has 5 nitrogen and oxygen atoms in total. The highest BCUT2D eigenvalue weighted by atomic mass is 79.9. The third kappa shape index (κ3) is 3.60. The smallest absolute Gasteiger partial charge is 0.289 e. The molecule has 0 spiro atoms. The number of rotatable bonds is 5. The first-order valence-corrected chi connectivity index (χ1v) is 6.57. The summed E-state index contributed by atoms with van der Waals surface area (Å²) in [5, 5.41) is 0. The first-order valence-electron chi connectivity index (χ1n) is 5.78. The summed E-state index contributed by atoms with van der Waals surface area (Å²) in [6.07, 6.45) is 0. The summed E-state index contributed by atoms with van der Waals surface area (Å²) in [6, 6.07) is 3.22. The zero-order valence-corrected chi connectivity index (χ0v) is 12.4. The van der Waals surface area contributed by atoms with Crippen molar-refractivity contribution >= 4 is 27.7 Å². The number of hydrogen-bond donors (Lipinski definition) is 0. The topological polar surface area (TPSA) is 53.8 Å². The predicted molar refractivity (Wildman–Crippen MR) is 71.3 cm³/mol. The van der Waals surface area contributed by atoms with Crippen LogP contribution in [0.2, 0.25) is 0 Å². The van der Waals surface area contributed by atoms with Crippen molar-refractivity contribution in [3.8, 4) is 0 Å². The van der Waals surface area contributed by atoms with E-state index in [1.807, 2.05) is 13.8 Å². The van der Waals surface area contributed by atoms with Crippen molar-refractivity contribution in [2.24, 2.45) is 0 Å². The minimum atomic E-state index is -0.304. The van der Waals surface area contributed by atoms with E-state index in [4.69, 9.17) is 4.42 Å². The lowest BCUT2D eigenvalue weighted by atomic mass is 10.3. The molecule has 0 unspecified atom stereocenters. The summed E-state index contributed by atoms with van der Waals surface area (Å²) in [4.78, 5) is 26.8. The van der Waals surface area contributed by atoms with E-state index in [0.29, 0.717) is 17.8 Å². The van der Waals surface area contributed by atoms with Crippen LogP contribution in [-0.2, 0) is 4.79 Å². The van der Waals surface area contributed by atoms with Gasteiger partial charge >= 0.3 is 0 Å². The highest BCUT2D eigenvalue weighted by Crippen LogP contribution is 2.15. The molecule has 1 aromatic heterocycles. The molecule has 0 aliphatic heterocycles. The molecular weight excluding hydrogens is 300 g/mol. The fourth-order valence-corrected chi connectivity index (χ4v) is 1.87. The number of amides is 2. The van der Waals surface area contributed by atoms with E-state index in [0.717, 1.165) is 0 Å². The van der Waals surface area contributed by atoms with E-state index in [2.05, 4.69) is 15.9 Å². The van der Waals surface area contributed by atoms with Crippen LogP contribution in [0.4, 0.5) is 0 Å². The van der Waals surface area contributed by atoms with Crippen LogP contribution < -0.4 is 0 Å². The summed E-state index contributed by atoms with van der Waals surface area (Å²) in [5.41, 5.74) is 0. The van der Waals surface area contributed by atoms with Crippen LogP contribution in [-0.4, -0.2) is 48.3 Å². The quantitative estimate of drug-likeness (QED) is 0.834. The molecule has 0 saturated heterocycles. The Morgan fingerprint density at radius 3 is 2.33 bits per heavy atom. The average molecular weight is 317 g/mol. The van der Waals surface area contributed by atoms with Gasteiger partial charge in [-0.05, 0) is 41.9 Å². The van der Waals surface area contributed by atoms with Gasteiger partial charge in [0, 0.05) is 20.1 Å². The van der Waals surface area contributed by atoms with Crippen molar-refractivity contribution in [3.63, 3.8) is 0 Å². The Labute approximate surface area is 115 Å². The van der Waals surface area contributed by atoms with Crippen LogP contribution in [0.25, 0.3) is 0 Å². The predicted octanol–water partition coefficient (Wildman–Crippen LogP) is 1.98. The van der Waals surface area contributed by atoms with Crippen molar-refractivity contribution in [3.05, 3.63) is 22.6 Å². The van der Waals surface area contributed by atoms with Crippen molar-refractivity contribution in [2.75, 3.05) is 26.7 Å². The first kappa shape index (κ1) is 14.8. The van der Waals surface area contributed by atoms with Crippen LogP contribution >= 0.6 is 15.9 Å². The van der Waals surface area contributed by atoms with Gasteiger partial charge in [-0.3, -0.25) is 9.59 Å². The molecule has 0 N–H and O–H groups in total. The van der Waals surface area contributed by atoms with Gasteiger partial charge in [-0.15, -0.1) is 0 Å². The van der Waals surface area contributed by atoms with Crippen LogP contribution in [0, 0.1) is 0 Å². The molecular formula is C12H17BrN2O3. The molecule has 0 aromatic carbocycles. The summed E-state index contributed by atoms with van der Waals surface area (Å²) >= 11 is 3.13. The van der Waals surface area contributed by atoms with Crippen molar-refractivity contribution in [2.45, 2.75) is 13.8 Å². The number of likely N-dealkylation sites (N-methyl/N-ethyl adjacent to an activating group) is 2.